The van der Waals surface area contributed by atoms with Crippen molar-refractivity contribution in [2.24, 2.45) is 5.92 Å². The molecule has 6 nitrogen and oxygen atoms in total. The van der Waals surface area contributed by atoms with Gasteiger partial charge in [-0.25, -0.2) is 0 Å². The average Bonchev–Trinajstić information content (AvgIpc) is 2.62. The van der Waals surface area contributed by atoms with Crippen LogP contribution in [0.1, 0.15) is 30.5 Å². The molecule has 0 radical (unpaired) electrons. The number of hydrogen-bond donors (Lipinski definition) is 1. The Hall–Kier alpha value is -2.78. The standard InChI is InChI=1S/C19H21N3O3/c1-11(2)17-8-12-13(9-20)18(21)22(19(23)14(12)10-25-17)15-6-4-5-7-16(15)24-3/h4-7,11,17H,8,10,21H2,1-3H3/t17-/m1/s1. The Kier molecular flexibility index (Phi) is 4.51. The third kappa shape index (κ3) is 2.77. The van der Waals surface area contributed by atoms with E-state index in [4.69, 9.17) is 15.2 Å². The number of nitrogens with zero attached hydrogens (tertiary/aromatic N) is 2. The van der Waals surface area contributed by atoms with Crippen molar-refractivity contribution in [3.8, 4) is 17.5 Å². The van der Waals surface area contributed by atoms with E-state index in [9.17, 15) is 10.1 Å². The molecule has 0 saturated heterocycles. The quantitative estimate of drug-likeness (QED) is 0.927. The highest BCUT2D eigenvalue weighted by Gasteiger charge is 2.30. The average molecular weight is 339 g/mol. The van der Waals surface area contributed by atoms with Crippen LogP contribution in [0, 0.1) is 17.2 Å². The maximum absolute atomic E-state index is 13.1. The van der Waals surface area contributed by atoms with Gasteiger partial charge in [-0.15, -0.1) is 0 Å². The number of fused-ring (bicyclic) bond motifs is 1. The summed E-state index contributed by atoms with van der Waals surface area (Å²) in [6, 6.07) is 9.27. The molecule has 0 amide bonds. The van der Waals surface area contributed by atoms with E-state index in [1.165, 1.54) is 11.7 Å². The predicted molar refractivity (Wildman–Crippen MR) is 94.8 cm³/mol. The molecule has 2 aromatic rings. The van der Waals surface area contributed by atoms with Gasteiger partial charge in [0.15, 0.2) is 0 Å². The molecular formula is C19H21N3O3. The summed E-state index contributed by atoms with van der Waals surface area (Å²) in [6.07, 6.45) is 0.489. The van der Waals surface area contributed by atoms with Gasteiger partial charge in [-0.3, -0.25) is 9.36 Å². The number of aromatic nitrogens is 1. The summed E-state index contributed by atoms with van der Waals surface area (Å²) in [5.41, 5.74) is 8.03. The largest absolute Gasteiger partial charge is 0.495 e. The van der Waals surface area contributed by atoms with E-state index >= 15 is 0 Å². The zero-order valence-corrected chi connectivity index (χ0v) is 14.6. The van der Waals surface area contributed by atoms with Crippen LogP contribution in [0.3, 0.4) is 0 Å². The van der Waals surface area contributed by atoms with Gasteiger partial charge in [0, 0.05) is 12.0 Å². The molecular weight excluding hydrogens is 318 g/mol. The van der Waals surface area contributed by atoms with E-state index in [2.05, 4.69) is 19.9 Å². The molecule has 130 valence electrons. The number of nitriles is 1. The second-order valence-electron chi connectivity index (χ2n) is 6.44. The van der Waals surface area contributed by atoms with Crippen LogP contribution in [0.15, 0.2) is 29.1 Å². The van der Waals surface area contributed by atoms with E-state index in [0.29, 0.717) is 34.5 Å². The topological polar surface area (TPSA) is 90.3 Å². The molecule has 1 aromatic carbocycles. The van der Waals surface area contributed by atoms with Gasteiger partial charge in [-0.1, -0.05) is 26.0 Å². The number of anilines is 1. The molecule has 0 fully saturated rings. The molecule has 1 atom stereocenters. The zero-order chi connectivity index (χ0) is 18.1. The van der Waals surface area contributed by atoms with Gasteiger partial charge in [0.1, 0.15) is 17.6 Å². The summed E-state index contributed by atoms with van der Waals surface area (Å²) in [5, 5.41) is 9.67. The fourth-order valence-corrected chi connectivity index (χ4v) is 3.22. The normalized spacial score (nSPS) is 16.4. The number of methoxy groups -OCH3 is 1. The number of para-hydroxylation sites is 2. The summed E-state index contributed by atoms with van der Waals surface area (Å²) in [7, 11) is 1.53. The van der Waals surface area contributed by atoms with E-state index in [1.807, 2.05) is 6.07 Å². The number of nitrogens with two attached hydrogens (primary N) is 1. The SMILES string of the molecule is COc1ccccc1-n1c(N)c(C#N)c2c(c1=O)CO[C@@H](C(C)C)C2. The number of hydrogen-bond acceptors (Lipinski definition) is 5. The van der Waals surface area contributed by atoms with Gasteiger partial charge < -0.3 is 15.2 Å². The van der Waals surface area contributed by atoms with Gasteiger partial charge in [-0.2, -0.15) is 5.26 Å². The molecule has 1 aliphatic heterocycles. The summed E-state index contributed by atoms with van der Waals surface area (Å²) in [6.45, 7) is 4.30. The lowest BCUT2D eigenvalue weighted by Gasteiger charge is -2.29. The van der Waals surface area contributed by atoms with Crippen molar-refractivity contribution in [3.05, 3.63) is 51.3 Å². The van der Waals surface area contributed by atoms with Crippen molar-refractivity contribution < 1.29 is 9.47 Å². The Bertz CT molecular complexity index is 909. The van der Waals surface area contributed by atoms with Crippen LogP contribution >= 0.6 is 0 Å². The summed E-state index contributed by atoms with van der Waals surface area (Å²) >= 11 is 0. The smallest absolute Gasteiger partial charge is 0.262 e. The maximum Gasteiger partial charge on any atom is 0.262 e. The van der Waals surface area contributed by atoms with Crippen LogP contribution < -0.4 is 16.0 Å². The van der Waals surface area contributed by atoms with Crippen molar-refractivity contribution in [1.82, 2.24) is 4.57 Å². The molecule has 0 aliphatic carbocycles. The summed E-state index contributed by atoms with van der Waals surface area (Å²) in [5.74, 6) is 0.939. The third-order valence-electron chi connectivity index (χ3n) is 4.65. The molecule has 1 aromatic heterocycles. The van der Waals surface area contributed by atoms with Crippen LogP contribution in [0.5, 0.6) is 5.75 Å². The van der Waals surface area contributed by atoms with Gasteiger partial charge in [0.2, 0.25) is 0 Å². The zero-order valence-electron chi connectivity index (χ0n) is 14.6. The maximum atomic E-state index is 13.1. The van der Waals surface area contributed by atoms with E-state index in [0.717, 1.165) is 0 Å². The molecule has 3 rings (SSSR count). The molecule has 0 unspecified atom stereocenters. The van der Waals surface area contributed by atoms with Crippen molar-refractivity contribution >= 4 is 5.82 Å². The van der Waals surface area contributed by atoms with Crippen molar-refractivity contribution in [3.63, 3.8) is 0 Å². The molecule has 2 heterocycles. The Morgan fingerprint density at radius 3 is 2.72 bits per heavy atom. The lowest BCUT2D eigenvalue weighted by molar-refractivity contribution is -0.00118. The first-order chi connectivity index (χ1) is 12.0. The highest BCUT2D eigenvalue weighted by atomic mass is 16.5. The van der Waals surface area contributed by atoms with Crippen LogP contribution in [-0.4, -0.2) is 17.8 Å². The molecule has 0 bridgehead atoms. The Labute approximate surface area is 146 Å². The predicted octanol–water partition coefficient (Wildman–Crippen LogP) is 2.40. The highest BCUT2D eigenvalue weighted by molar-refractivity contribution is 5.62. The number of nitrogen functional groups attached to an aromatic ring is 1. The second kappa shape index (κ2) is 6.61. The number of ether oxygens (including phenoxy) is 2. The van der Waals surface area contributed by atoms with Crippen LogP contribution in [0.4, 0.5) is 5.82 Å². The second-order valence-corrected chi connectivity index (χ2v) is 6.44. The van der Waals surface area contributed by atoms with Gasteiger partial charge >= 0.3 is 0 Å². The number of rotatable bonds is 3. The monoisotopic (exact) mass is 339 g/mol. The molecule has 1 aliphatic rings. The van der Waals surface area contributed by atoms with E-state index < -0.39 is 0 Å². The molecule has 2 N–H and O–H groups in total. The van der Waals surface area contributed by atoms with Gasteiger partial charge in [0.25, 0.3) is 5.56 Å². The van der Waals surface area contributed by atoms with Crippen molar-refractivity contribution in [2.45, 2.75) is 33.0 Å². The first-order valence-corrected chi connectivity index (χ1v) is 8.20. The van der Waals surface area contributed by atoms with Crippen molar-refractivity contribution in [2.75, 3.05) is 12.8 Å². The Balaban J connectivity index is 2.28. The minimum atomic E-state index is -0.266. The first kappa shape index (κ1) is 17.1. The molecule has 6 heteroatoms. The van der Waals surface area contributed by atoms with Gasteiger partial charge in [0.05, 0.1) is 31.1 Å². The third-order valence-corrected chi connectivity index (χ3v) is 4.65. The van der Waals surface area contributed by atoms with E-state index in [-0.39, 0.29) is 30.0 Å². The Morgan fingerprint density at radius 1 is 1.36 bits per heavy atom. The summed E-state index contributed by atoms with van der Waals surface area (Å²) in [4.78, 5) is 13.1. The molecule has 25 heavy (non-hydrogen) atoms. The Morgan fingerprint density at radius 2 is 2.08 bits per heavy atom. The lowest BCUT2D eigenvalue weighted by atomic mass is 9.91. The minimum Gasteiger partial charge on any atom is -0.495 e. The lowest BCUT2D eigenvalue weighted by Crippen LogP contribution is -2.36. The fraction of sp³-hybridized carbons (Fsp3) is 0.368. The number of pyridine rings is 1. The molecule has 0 saturated carbocycles. The van der Waals surface area contributed by atoms with Gasteiger partial charge in [-0.05, 0) is 23.6 Å². The van der Waals surface area contributed by atoms with Crippen LogP contribution in [-0.2, 0) is 17.8 Å². The van der Waals surface area contributed by atoms with E-state index in [1.54, 1.807) is 18.2 Å². The van der Waals surface area contributed by atoms with Crippen LogP contribution in [0.2, 0.25) is 0 Å². The highest BCUT2D eigenvalue weighted by Crippen LogP contribution is 2.31. The first-order valence-electron chi connectivity index (χ1n) is 8.20. The molecule has 0 spiro atoms. The minimum absolute atomic E-state index is 0.0273. The summed E-state index contributed by atoms with van der Waals surface area (Å²) < 4.78 is 12.5. The van der Waals surface area contributed by atoms with Crippen LogP contribution in [0.25, 0.3) is 5.69 Å². The number of benzene rings is 1. The van der Waals surface area contributed by atoms with Crippen molar-refractivity contribution in [1.29, 1.82) is 5.26 Å². The fourth-order valence-electron chi connectivity index (χ4n) is 3.22.